The van der Waals surface area contributed by atoms with Gasteiger partial charge in [-0.3, -0.25) is 9.59 Å². The molecule has 1 aromatic carbocycles. The van der Waals surface area contributed by atoms with Crippen molar-refractivity contribution in [3.05, 3.63) is 53.7 Å². The third-order valence-corrected chi connectivity index (χ3v) is 2.80. The number of rotatable bonds is 3. The molecule has 0 atom stereocenters. The Labute approximate surface area is 129 Å². The summed E-state index contributed by atoms with van der Waals surface area (Å²) in [7, 11) is 0. The largest absolute Gasteiger partial charge is 0.416 e. The fraction of sp³-hybridized carbons (Fsp3) is 0.133. The van der Waals surface area contributed by atoms with Crippen molar-refractivity contribution in [1.29, 1.82) is 0 Å². The Bertz CT molecular complexity index is 727. The van der Waals surface area contributed by atoms with Crippen LogP contribution < -0.4 is 10.6 Å². The van der Waals surface area contributed by atoms with Crippen LogP contribution in [0.4, 0.5) is 24.7 Å². The van der Waals surface area contributed by atoms with Crippen molar-refractivity contribution in [3.63, 3.8) is 0 Å². The summed E-state index contributed by atoms with van der Waals surface area (Å²) in [6.07, 6.45) is -3.09. The number of carbonyl (C=O) groups is 2. The fourth-order valence-electron chi connectivity index (χ4n) is 1.77. The van der Waals surface area contributed by atoms with E-state index in [4.69, 9.17) is 0 Å². The lowest BCUT2D eigenvalue weighted by Crippen LogP contribution is -2.14. The molecule has 2 amide bonds. The minimum Gasteiger partial charge on any atom is -0.322 e. The average molecular weight is 323 g/mol. The van der Waals surface area contributed by atoms with Crippen molar-refractivity contribution in [2.75, 3.05) is 10.6 Å². The lowest BCUT2D eigenvalue weighted by Gasteiger charge is -2.09. The molecule has 0 bridgehead atoms. The van der Waals surface area contributed by atoms with Gasteiger partial charge in [0.05, 0.1) is 5.56 Å². The second-order valence-corrected chi connectivity index (χ2v) is 4.64. The number of amides is 2. The van der Waals surface area contributed by atoms with Gasteiger partial charge in [0.25, 0.3) is 5.91 Å². The molecule has 0 aliphatic carbocycles. The number of nitrogens with one attached hydrogen (secondary N) is 2. The first-order valence-corrected chi connectivity index (χ1v) is 6.48. The van der Waals surface area contributed by atoms with Gasteiger partial charge in [0, 0.05) is 24.4 Å². The van der Waals surface area contributed by atoms with Crippen molar-refractivity contribution in [2.45, 2.75) is 13.1 Å². The smallest absolute Gasteiger partial charge is 0.322 e. The number of hydrogen-bond donors (Lipinski definition) is 2. The predicted octanol–water partition coefficient (Wildman–Crippen LogP) is 3.31. The molecular formula is C15H12F3N3O2. The molecule has 8 heteroatoms. The zero-order valence-corrected chi connectivity index (χ0v) is 11.9. The highest BCUT2D eigenvalue weighted by Crippen LogP contribution is 2.29. The number of benzene rings is 1. The second-order valence-electron chi connectivity index (χ2n) is 4.64. The zero-order chi connectivity index (χ0) is 17.0. The number of alkyl halides is 3. The maximum absolute atomic E-state index is 12.5. The molecule has 2 aromatic rings. The lowest BCUT2D eigenvalue weighted by atomic mass is 10.2. The van der Waals surface area contributed by atoms with E-state index in [0.29, 0.717) is 0 Å². The van der Waals surface area contributed by atoms with E-state index < -0.39 is 17.6 Å². The number of carbonyl (C=O) groups excluding carboxylic acids is 2. The van der Waals surface area contributed by atoms with E-state index in [1.165, 1.54) is 25.3 Å². The van der Waals surface area contributed by atoms with E-state index in [9.17, 15) is 22.8 Å². The molecule has 23 heavy (non-hydrogen) atoms. The lowest BCUT2D eigenvalue weighted by molar-refractivity contribution is -0.137. The molecule has 0 aliphatic rings. The Hall–Kier alpha value is -2.90. The molecule has 2 N–H and O–H groups in total. The van der Waals surface area contributed by atoms with Crippen molar-refractivity contribution < 1.29 is 22.8 Å². The van der Waals surface area contributed by atoms with Crippen LogP contribution in [0.15, 0.2) is 42.6 Å². The number of aromatic nitrogens is 1. The average Bonchev–Trinajstić information content (AvgIpc) is 2.46. The molecule has 0 unspecified atom stereocenters. The van der Waals surface area contributed by atoms with E-state index in [-0.39, 0.29) is 23.0 Å². The predicted molar refractivity (Wildman–Crippen MR) is 77.9 cm³/mol. The highest BCUT2D eigenvalue weighted by molar-refractivity contribution is 6.05. The van der Waals surface area contributed by atoms with Gasteiger partial charge in [0.1, 0.15) is 5.82 Å². The van der Waals surface area contributed by atoms with Crippen LogP contribution >= 0.6 is 0 Å². The molecule has 0 fully saturated rings. The van der Waals surface area contributed by atoms with Crippen LogP contribution in [-0.4, -0.2) is 16.8 Å². The highest BCUT2D eigenvalue weighted by atomic mass is 19.4. The summed E-state index contributed by atoms with van der Waals surface area (Å²) in [6.45, 7) is 1.30. The molecule has 1 heterocycles. The monoisotopic (exact) mass is 323 g/mol. The Morgan fingerprint density at radius 1 is 1.04 bits per heavy atom. The number of anilines is 2. The first-order chi connectivity index (χ1) is 10.8. The van der Waals surface area contributed by atoms with Crippen LogP contribution in [0.5, 0.6) is 0 Å². The molecular weight excluding hydrogens is 311 g/mol. The Kier molecular flexibility index (Phi) is 4.63. The quantitative estimate of drug-likeness (QED) is 0.910. The molecule has 1 aromatic heterocycles. The first-order valence-electron chi connectivity index (χ1n) is 6.48. The molecule has 0 aliphatic heterocycles. The van der Waals surface area contributed by atoms with E-state index in [0.717, 1.165) is 24.3 Å². The standard InChI is InChI=1S/C15H12F3N3O2/c1-9(22)20-13-8-10(6-7-19-13)14(23)21-12-4-2-11(3-5-12)15(16,17)18/h2-8H,1H3,(H,21,23)(H,19,20,22). The summed E-state index contributed by atoms with van der Waals surface area (Å²) in [6, 6.07) is 6.87. The number of pyridine rings is 1. The fourth-order valence-corrected chi connectivity index (χ4v) is 1.77. The maximum atomic E-state index is 12.5. The van der Waals surface area contributed by atoms with Crippen LogP contribution in [-0.2, 0) is 11.0 Å². The van der Waals surface area contributed by atoms with Gasteiger partial charge in [-0.25, -0.2) is 4.98 Å². The second kappa shape index (κ2) is 6.47. The van der Waals surface area contributed by atoms with E-state index in [1.54, 1.807) is 0 Å². The summed E-state index contributed by atoms with van der Waals surface area (Å²) < 4.78 is 37.4. The van der Waals surface area contributed by atoms with Gasteiger partial charge in [-0.1, -0.05) is 0 Å². The van der Waals surface area contributed by atoms with Crippen LogP contribution in [0.25, 0.3) is 0 Å². The third kappa shape index (κ3) is 4.53. The molecule has 0 spiro atoms. The number of halogens is 3. The van der Waals surface area contributed by atoms with Crippen molar-refractivity contribution in [1.82, 2.24) is 4.98 Å². The molecule has 2 rings (SSSR count). The van der Waals surface area contributed by atoms with E-state index >= 15 is 0 Å². The van der Waals surface area contributed by atoms with Gasteiger partial charge in [-0.2, -0.15) is 13.2 Å². The van der Waals surface area contributed by atoms with Crippen molar-refractivity contribution in [2.24, 2.45) is 0 Å². The SMILES string of the molecule is CC(=O)Nc1cc(C(=O)Nc2ccc(C(F)(F)F)cc2)ccn1. The van der Waals surface area contributed by atoms with Gasteiger partial charge >= 0.3 is 6.18 Å². The topological polar surface area (TPSA) is 71.1 Å². The van der Waals surface area contributed by atoms with Crippen molar-refractivity contribution in [3.8, 4) is 0 Å². The summed E-state index contributed by atoms with van der Waals surface area (Å²) in [5.41, 5.74) is -0.364. The Morgan fingerprint density at radius 3 is 2.26 bits per heavy atom. The van der Waals surface area contributed by atoms with Crippen LogP contribution in [0.1, 0.15) is 22.8 Å². The van der Waals surface area contributed by atoms with Gasteiger partial charge < -0.3 is 10.6 Å². The Morgan fingerprint density at radius 2 is 1.70 bits per heavy atom. The number of hydrogen-bond acceptors (Lipinski definition) is 3. The number of nitrogens with zero attached hydrogens (tertiary/aromatic N) is 1. The van der Waals surface area contributed by atoms with E-state index in [1.807, 2.05) is 0 Å². The highest BCUT2D eigenvalue weighted by Gasteiger charge is 2.29. The summed E-state index contributed by atoms with van der Waals surface area (Å²) in [5, 5.41) is 4.90. The molecule has 0 radical (unpaired) electrons. The third-order valence-electron chi connectivity index (χ3n) is 2.80. The molecule has 120 valence electrons. The van der Waals surface area contributed by atoms with Crippen LogP contribution in [0.2, 0.25) is 0 Å². The van der Waals surface area contributed by atoms with Gasteiger partial charge in [0.2, 0.25) is 5.91 Å². The minimum atomic E-state index is -4.43. The maximum Gasteiger partial charge on any atom is 0.416 e. The molecule has 0 saturated carbocycles. The molecule has 0 saturated heterocycles. The van der Waals surface area contributed by atoms with Crippen molar-refractivity contribution >= 4 is 23.3 Å². The van der Waals surface area contributed by atoms with Crippen LogP contribution in [0, 0.1) is 0 Å². The summed E-state index contributed by atoms with van der Waals surface area (Å²) >= 11 is 0. The van der Waals surface area contributed by atoms with E-state index in [2.05, 4.69) is 15.6 Å². The summed E-state index contributed by atoms with van der Waals surface area (Å²) in [5.74, 6) is -0.658. The van der Waals surface area contributed by atoms with Crippen LogP contribution in [0.3, 0.4) is 0 Å². The van der Waals surface area contributed by atoms with Gasteiger partial charge in [0.15, 0.2) is 0 Å². The Balaban J connectivity index is 2.11. The first kappa shape index (κ1) is 16.5. The normalized spacial score (nSPS) is 11.0. The van der Waals surface area contributed by atoms with Gasteiger partial charge in [-0.05, 0) is 36.4 Å². The zero-order valence-electron chi connectivity index (χ0n) is 11.9. The minimum absolute atomic E-state index is 0.206. The summed E-state index contributed by atoms with van der Waals surface area (Å²) in [4.78, 5) is 26.9. The molecule has 5 nitrogen and oxygen atoms in total. The van der Waals surface area contributed by atoms with Gasteiger partial charge in [-0.15, -0.1) is 0 Å².